The molecule has 0 bridgehead atoms. The minimum absolute atomic E-state index is 0.00213. The number of urea groups is 1. The van der Waals surface area contributed by atoms with Crippen LogP contribution in [0.1, 0.15) is 52.9 Å². The van der Waals surface area contributed by atoms with Crippen molar-refractivity contribution in [3.63, 3.8) is 0 Å². The standard InChI is InChI=1S/C13H26N2O/c1-4-14-13(16)15-12-7-5-6-11(9-12)8-10(2)3/h10-12H,4-9H2,1-3H3,(H2,14,15,16). The predicted molar refractivity (Wildman–Crippen MR) is 67.4 cm³/mol. The zero-order valence-corrected chi connectivity index (χ0v) is 10.9. The molecule has 0 heterocycles. The molecule has 3 heteroatoms. The van der Waals surface area contributed by atoms with E-state index in [1.807, 2.05) is 6.92 Å². The summed E-state index contributed by atoms with van der Waals surface area (Å²) >= 11 is 0. The Morgan fingerprint density at radius 1 is 1.38 bits per heavy atom. The van der Waals surface area contributed by atoms with E-state index in [2.05, 4.69) is 24.5 Å². The Kier molecular flexibility index (Phi) is 5.64. The third kappa shape index (κ3) is 4.86. The van der Waals surface area contributed by atoms with Crippen molar-refractivity contribution in [2.24, 2.45) is 11.8 Å². The minimum Gasteiger partial charge on any atom is -0.338 e. The van der Waals surface area contributed by atoms with Crippen molar-refractivity contribution >= 4 is 6.03 Å². The maximum Gasteiger partial charge on any atom is 0.314 e. The number of hydrogen-bond acceptors (Lipinski definition) is 1. The number of hydrogen-bond donors (Lipinski definition) is 2. The molecule has 2 N–H and O–H groups in total. The van der Waals surface area contributed by atoms with Gasteiger partial charge >= 0.3 is 6.03 Å². The topological polar surface area (TPSA) is 41.1 Å². The average molecular weight is 226 g/mol. The number of carbonyl (C=O) groups excluding carboxylic acids is 1. The molecule has 2 atom stereocenters. The monoisotopic (exact) mass is 226 g/mol. The molecule has 94 valence electrons. The predicted octanol–water partition coefficient (Wildman–Crippen LogP) is 2.91. The maximum atomic E-state index is 11.4. The van der Waals surface area contributed by atoms with Crippen molar-refractivity contribution in [3.05, 3.63) is 0 Å². The van der Waals surface area contributed by atoms with Crippen LogP contribution in [0.3, 0.4) is 0 Å². The zero-order chi connectivity index (χ0) is 12.0. The van der Waals surface area contributed by atoms with Crippen LogP contribution in [-0.2, 0) is 0 Å². The fourth-order valence-electron chi connectivity index (χ4n) is 2.70. The van der Waals surface area contributed by atoms with Crippen LogP contribution < -0.4 is 10.6 Å². The van der Waals surface area contributed by atoms with E-state index >= 15 is 0 Å². The first-order chi connectivity index (χ1) is 7.61. The molecule has 0 aromatic rings. The van der Waals surface area contributed by atoms with Crippen LogP contribution in [0.15, 0.2) is 0 Å². The lowest BCUT2D eigenvalue weighted by atomic mass is 9.81. The molecule has 2 amide bonds. The van der Waals surface area contributed by atoms with E-state index in [9.17, 15) is 4.79 Å². The van der Waals surface area contributed by atoms with E-state index in [4.69, 9.17) is 0 Å². The molecule has 0 spiro atoms. The third-order valence-corrected chi connectivity index (χ3v) is 3.26. The Labute approximate surface area is 99.4 Å². The third-order valence-electron chi connectivity index (χ3n) is 3.26. The molecular formula is C13H26N2O. The lowest BCUT2D eigenvalue weighted by Crippen LogP contribution is -2.44. The normalized spacial score (nSPS) is 25.5. The molecule has 1 aliphatic rings. The first-order valence-corrected chi connectivity index (χ1v) is 6.66. The summed E-state index contributed by atoms with van der Waals surface area (Å²) in [5, 5.41) is 5.87. The molecule has 3 nitrogen and oxygen atoms in total. The second kappa shape index (κ2) is 6.77. The fraction of sp³-hybridized carbons (Fsp3) is 0.923. The molecule has 2 unspecified atom stereocenters. The van der Waals surface area contributed by atoms with Gasteiger partial charge in [0.15, 0.2) is 0 Å². The summed E-state index contributed by atoms with van der Waals surface area (Å²) < 4.78 is 0. The Balaban J connectivity index is 2.29. The van der Waals surface area contributed by atoms with Gasteiger partial charge in [0.1, 0.15) is 0 Å². The van der Waals surface area contributed by atoms with Gasteiger partial charge < -0.3 is 10.6 Å². The molecule has 0 aliphatic heterocycles. The largest absolute Gasteiger partial charge is 0.338 e. The van der Waals surface area contributed by atoms with Gasteiger partial charge in [-0.15, -0.1) is 0 Å². The van der Waals surface area contributed by atoms with Crippen LogP contribution in [0.4, 0.5) is 4.79 Å². The summed E-state index contributed by atoms with van der Waals surface area (Å²) in [6.45, 7) is 7.21. The van der Waals surface area contributed by atoms with Gasteiger partial charge in [-0.3, -0.25) is 0 Å². The van der Waals surface area contributed by atoms with Crippen molar-refractivity contribution in [1.29, 1.82) is 0 Å². The van der Waals surface area contributed by atoms with Gasteiger partial charge in [-0.05, 0) is 38.0 Å². The number of nitrogens with one attached hydrogen (secondary N) is 2. The number of amides is 2. The molecule has 0 radical (unpaired) electrons. The van der Waals surface area contributed by atoms with Gasteiger partial charge in [0.25, 0.3) is 0 Å². The van der Waals surface area contributed by atoms with E-state index in [0.29, 0.717) is 12.6 Å². The van der Waals surface area contributed by atoms with Gasteiger partial charge in [-0.2, -0.15) is 0 Å². The molecule has 0 aromatic heterocycles. The minimum atomic E-state index is -0.00213. The van der Waals surface area contributed by atoms with Crippen LogP contribution >= 0.6 is 0 Å². The molecule has 0 aromatic carbocycles. The first kappa shape index (κ1) is 13.3. The Hall–Kier alpha value is -0.730. The highest BCUT2D eigenvalue weighted by atomic mass is 16.2. The van der Waals surface area contributed by atoms with Crippen LogP contribution in [0.25, 0.3) is 0 Å². The van der Waals surface area contributed by atoms with Crippen molar-refractivity contribution in [1.82, 2.24) is 10.6 Å². The second-order valence-electron chi connectivity index (χ2n) is 5.36. The van der Waals surface area contributed by atoms with Crippen LogP contribution in [0, 0.1) is 11.8 Å². The van der Waals surface area contributed by atoms with Crippen molar-refractivity contribution < 1.29 is 4.79 Å². The van der Waals surface area contributed by atoms with E-state index < -0.39 is 0 Å². The number of rotatable bonds is 4. The molecule has 1 fully saturated rings. The average Bonchev–Trinajstić information content (AvgIpc) is 2.17. The fourth-order valence-corrected chi connectivity index (χ4v) is 2.70. The maximum absolute atomic E-state index is 11.4. The summed E-state index contributed by atoms with van der Waals surface area (Å²) in [4.78, 5) is 11.4. The van der Waals surface area contributed by atoms with Crippen molar-refractivity contribution in [2.75, 3.05) is 6.54 Å². The zero-order valence-electron chi connectivity index (χ0n) is 10.9. The van der Waals surface area contributed by atoms with E-state index in [0.717, 1.165) is 24.7 Å². The summed E-state index contributed by atoms with van der Waals surface area (Å²) in [5.41, 5.74) is 0. The second-order valence-corrected chi connectivity index (χ2v) is 5.36. The summed E-state index contributed by atoms with van der Waals surface area (Å²) in [5.74, 6) is 1.58. The highest BCUT2D eigenvalue weighted by molar-refractivity contribution is 5.74. The highest BCUT2D eigenvalue weighted by Crippen LogP contribution is 2.29. The van der Waals surface area contributed by atoms with Gasteiger partial charge in [0.05, 0.1) is 0 Å². The molecule has 1 aliphatic carbocycles. The molecular weight excluding hydrogens is 200 g/mol. The first-order valence-electron chi connectivity index (χ1n) is 6.66. The van der Waals surface area contributed by atoms with E-state index in [1.54, 1.807) is 0 Å². The Morgan fingerprint density at radius 3 is 2.75 bits per heavy atom. The Bertz CT molecular complexity index is 216. The summed E-state index contributed by atoms with van der Waals surface area (Å²) in [6.07, 6.45) is 6.20. The lowest BCUT2D eigenvalue weighted by molar-refractivity contribution is 0.220. The van der Waals surface area contributed by atoms with Gasteiger partial charge in [-0.1, -0.05) is 26.7 Å². The van der Waals surface area contributed by atoms with Crippen LogP contribution in [0.2, 0.25) is 0 Å². The number of carbonyl (C=O) groups is 1. The van der Waals surface area contributed by atoms with Gasteiger partial charge in [0.2, 0.25) is 0 Å². The van der Waals surface area contributed by atoms with Crippen LogP contribution in [-0.4, -0.2) is 18.6 Å². The van der Waals surface area contributed by atoms with Crippen molar-refractivity contribution in [2.45, 2.75) is 58.9 Å². The van der Waals surface area contributed by atoms with Crippen LogP contribution in [0.5, 0.6) is 0 Å². The highest BCUT2D eigenvalue weighted by Gasteiger charge is 2.23. The smallest absolute Gasteiger partial charge is 0.314 e. The molecule has 1 saturated carbocycles. The lowest BCUT2D eigenvalue weighted by Gasteiger charge is -2.30. The van der Waals surface area contributed by atoms with Gasteiger partial charge in [0, 0.05) is 12.6 Å². The quantitative estimate of drug-likeness (QED) is 0.760. The van der Waals surface area contributed by atoms with E-state index in [1.165, 1.54) is 19.3 Å². The summed E-state index contributed by atoms with van der Waals surface area (Å²) in [6, 6.07) is 0.391. The van der Waals surface area contributed by atoms with E-state index in [-0.39, 0.29) is 6.03 Å². The molecule has 0 saturated heterocycles. The SMILES string of the molecule is CCNC(=O)NC1CCCC(CC(C)C)C1. The van der Waals surface area contributed by atoms with Gasteiger partial charge in [-0.25, -0.2) is 4.79 Å². The molecule has 1 rings (SSSR count). The Morgan fingerprint density at radius 2 is 2.12 bits per heavy atom. The molecule has 16 heavy (non-hydrogen) atoms. The van der Waals surface area contributed by atoms with Crippen molar-refractivity contribution in [3.8, 4) is 0 Å². The summed E-state index contributed by atoms with van der Waals surface area (Å²) in [7, 11) is 0.